The molecule has 0 aliphatic carbocycles. The number of likely N-dealkylation sites (tertiary alicyclic amines) is 1. The van der Waals surface area contributed by atoms with E-state index >= 15 is 0 Å². The van der Waals surface area contributed by atoms with Gasteiger partial charge >= 0.3 is 0 Å². The lowest BCUT2D eigenvalue weighted by Crippen LogP contribution is -2.52. The topological polar surface area (TPSA) is 79.0 Å². The Hall–Kier alpha value is -3.19. The van der Waals surface area contributed by atoms with E-state index in [0.717, 1.165) is 43.8 Å². The molecule has 1 spiro atoms. The number of ether oxygens (including phenoxy) is 1. The zero-order valence-corrected chi connectivity index (χ0v) is 21.0. The van der Waals surface area contributed by atoms with Crippen LogP contribution in [0.5, 0.6) is 5.75 Å². The molecule has 4 aliphatic rings. The lowest BCUT2D eigenvalue weighted by atomic mass is 9.74. The van der Waals surface area contributed by atoms with Gasteiger partial charge in [-0.2, -0.15) is 0 Å². The van der Waals surface area contributed by atoms with Crippen molar-refractivity contribution in [3.8, 4) is 5.75 Å². The number of hydrogen-bond acceptors (Lipinski definition) is 5. The number of amides is 3. The summed E-state index contributed by atoms with van der Waals surface area (Å²) in [5, 5.41) is 2.37. The largest absolute Gasteiger partial charge is 0.492 e. The van der Waals surface area contributed by atoms with Crippen molar-refractivity contribution in [3.63, 3.8) is 0 Å². The van der Waals surface area contributed by atoms with Gasteiger partial charge in [0.05, 0.1) is 13.2 Å². The highest BCUT2D eigenvalue weighted by Crippen LogP contribution is 2.49. The Bertz CT molecular complexity index is 1230. The molecule has 3 amide bonds. The molecule has 1 atom stereocenters. The minimum Gasteiger partial charge on any atom is -0.492 e. The molecule has 1 unspecified atom stereocenters. The number of carbonyl (C=O) groups is 3. The Kier molecular flexibility index (Phi) is 5.63. The van der Waals surface area contributed by atoms with Gasteiger partial charge in [-0.05, 0) is 55.5 Å². The van der Waals surface area contributed by atoms with E-state index in [9.17, 15) is 14.4 Å². The van der Waals surface area contributed by atoms with Gasteiger partial charge in [-0.1, -0.05) is 44.2 Å². The third-order valence-electron chi connectivity index (χ3n) is 8.60. The highest BCUT2D eigenvalue weighted by molar-refractivity contribution is 6.05. The lowest BCUT2D eigenvalue weighted by Gasteiger charge is -2.38. The predicted octanol–water partition coefficient (Wildman–Crippen LogP) is 3.50. The van der Waals surface area contributed by atoms with Crippen molar-refractivity contribution in [2.24, 2.45) is 0 Å². The van der Waals surface area contributed by atoms with Gasteiger partial charge in [-0.3, -0.25) is 24.6 Å². The van der Waals surface area contributed by atoms with Gasteiger partial charge in [0.2, 0.25) is 11.8 Å². The summed E-state index contributed by atoms with van der Waals surface area (Å²) in [5.74, 6) is 0.584. The Morgan fingerprint density at radius 2 is 1.81 bits per heavy atom. The molecular weight excluding hydrogens is 454 g/mol. The third-order valence-corrected chi connectivity index (χ3v) is 8.60. The van der Waals surface area contributed by atoms with Crippen LogP contribution in [0, 0.1) is 0 Å². The molecule has 7 nitrogen and oxygen atoms in total. The smallest absolute Gasteiger partial charge is 0.255 e. The van der Waals surface area contributed by atoms with Crippen LogP contribution in [-0.4, -0.2) is 53.3 Å². The Morgan fingerprint density at radius 3 is 2.50 bits per heavy atom. The Labute approximate surface area is 211 Å². The number of piperidine rings is 2. The van der Waals surface area contributed by atoms with Crippen molar-refractivity contribution < 1.29 is 19.1 Å². The number of fused-ring (bicyclic) bond motifs is 4. The van der Waals surface area contributed by atoms with E-state index in [-0.39, 0.29) is 29.6 Å². The van der Waals surface area contributed by atoms with Crippen LogP contribution in [0.2, 0.25) is 0 Å². The summed E-state index contributed by atoms with van der Waals surface area (Å²) < 4.78 is 6.30. The minimum absolute atomic E-state index is 0.0204. The molecule has 2 aromatic carbocycles. The summed E-state index contributed by atoms with van der Waals surface area (Å²) in [6.45, 7) is 8.42. The molecule has 188 valence electrons. The van der Waals surface area contributed by atoms with Gasteiger partial charge in [0.1, 0.15) is 11.8 Å². The molecule has 6 rings (SSSR count). The van der Waals surface area contributed by atoms with E-state index in [0.29, 0.717) is 31.1 Å². The van der Waals surface area contributed by atoms with Crippen LogP contribution in [0.1, 0.15) is 78.1 Å². The molecule has 0 saturated carbocycles. The maximum absolute atomic E-state index is 13.2. The highest BCUT2D eigenvalue weighted by Gasteiger charge is 2.47. The fraction of sp³-hybridized carbons (Fsp3) is 0.483. The summed E-state index contributed by atoms with van der Waals surface area (Å²) in [6.07, 6.45) is 2.67. The zero-order valence-electron chi connectivity index (χ0n) is 21.0. The van der Waals surface area contributed by atoms with Crippen LogP contribution >= 0.6 is 0 Å². The molecule has 2 fully saturated rings. The van der Waals surface area contributed by atoms with Crippen LogP contribution in [0.4, 0.5) is 0 Å². The molecule has 4 aliphatic heterocycles. The van der Waals surface area contributed by atoms with Gasteiger partial charge < -0.3 is 9.64 Å². The Morgan fingerprint density at radius 1 is 1.06 bits per heavy atom. The van der Waals surface area contributed by atoms with Crippen molar-refractivity contribution in [2.75, 3.05) is 19.7 Å². The fourth-order valence-electron chi connectivity index (χ4n) is 6.30. The number of hydrogen-bond donors (Lipinski definition) is 1. The molecule has 0 radical (unpaired) electrons. The normalized spacial score (nSPS) is 23.1. The second-order valence-electron chi connectivity index (χ2n) is 11.1. The summed E-state index contributed by atoms with van der Waals surface area (Å²) in [4.78, 5) is 41.3. The van der Waals surface area contributed by atoms with E-state index in [1.54, 1.807) is 4.90 Å². The van der Waals surface area contributed by atoms with Crippen molar-refractivity contribution in [3.05, 3.63) is 64.2 Å². The van der Waals surface area contributed by atoms with Gasteiger partial charge in [-0.25, -0.2) is 0 Å². The summed E-state index contributed by atoms with van der Waals surface area (Å²) >= 11 is 0. The van der Waals surface area contributed by atoms with E-state index < -0.39 is 6.04 Å². The minimum atomic E-state index is -0.605. The van der Waals surface area contributed by atoms with Crippen molar-refractivity contribution >= 4 is 17.7 Å². The quantitative estimate of drug-likeness (QED) is 0.668. The monoisotopic (exact) mass is 487 g/mol. The summed E-state index contributed by atoms with van der Waals surface area (Å²) in [6, 6.07) is 12.4. The molecule has 1 N–H and O–H groups in total. The first-order valence-electron chi connectivity index (χ1n) is 13.1. The fourth-order valence-corrected chi connectivity index (χ4v) is 6.30. The lowest BCUT2D eigenvalue weighted by molar-refractivity contribution is -0.136. The van der Waals surface area contributed by atoms with Crippen LogP contribution in [0.3, 0.4) is 0 Å². The number of imide groups is 1. The molecule has 7 heteroatoms. The average Bonchev–Trinajstić information content (AvgIpc) is 3.39. The number of nitrogens with zero attached hydrogens (tertiary/aromatic N) is 2. The summed E-state index contributed by atoms with van der Waals surface area (Å²) in [7, 11) is 0. The second-order valence-corrected chi connectivity index (χ2v) is 11.1. The molecule has 4 heterocycles. The van der Waals surface area contributed by atoms with Crippen molar-refractivity contribution in [1.29, 1.82) is 0 Å². The first-order valence-corrected chi connectivity index (χ1v) is 13.1. The molecule has 2 saturated heterocycles. The van der Waals surface area contributed by atoms with Gasteiger partial charge in [-0.15, -0.1) is 0 Å². The summed E-state index contributed by atoms with van der Waals surface area (Å²) in [5.41, 5.74) is 5.43. The Balaban J connectivity index is 1.16. The molecule has 0 aromatic heterocycles. The highest BCUT2D eigenvalue weighted by atomic mass is 16.5. The van der Waals surface area contributed by atoms with Crippen LogP contribution < -0.4 is 10.1 Å². The zero-order chi connectivity index (χ0) is 25.0. The van der Waals surface area contributed by atoms with Gasteiger partial charge in [0.15, 0.2) is 0 Å². The third kappa shape index (κ3) is 3.81. The van der Waals surface area contributed by atoms with Crippen LogP contribution in [-0.2, 0) is 28.1 Å². The molecule has 0 bridgehead atoms. The molecule has 2 aromatic rings. The number of carbonyl (C=O) groups excluding carboxylic acids is 3. The maximum Gasteiger partial charge on any atom is 0.255 e. The SMILES string of the molecule is CC(C)c1ccc(CN2CCC3(CC2)COc2c3ccc3c2CN(C2CCC(=O)NC2=O)C3=O)cc1. The van der Waals surface area contributed by atoms with Crippen LogP contribution in [0.25, 0.3) is 0 Å². The van der Waals surface area contributed by atoms with E-state index in [1.165, 1.54) is 16.7 Å². The predicted molar refractivity (Wildman–Crippen MR) is 135 cm³/mol. The van der Waals surface area contributed by atoms with Crippen molar-refractivity contribution in [1.82, 2.24) is 15.1 Å². The number of rotatable bonds is 4. The molecule has 36 heavy (non-hydrogen) atoms. The first kappa shape index (κ1) is 23.2. The standard InChI is InChI=1S/C29H33N3O4/c1-18(2)20-5-3-19(4-6-20)15-31-13-11-29(12-14-31)17-36-26-22-16-32(24-9-10-25(33)30-27(24)34)28(35)21(22)7-8-23(26)29/h3-8,18,24H,9-17H2,1-2H3,(H,30,33,34). The van der Waals surface area contributed by atoms with Gasteiger partial charge in [0.25, 0.3) is 5.91 Å². The second kappa shape index (κ2) is 8.73. The van der Waals surface area contributed by atoms with Crippen molar-refractivity contribution in [2.45, 2.75) is 70.0 Å². The number of nitrogens with one attached hydrogen (secondary N) is 1. The van der Waals surface area contributed by atoms with E-state index in [1.807, 2.05) is 6.07 Å². The average molecular weight is 488 g/mol. The maximum atomic E-state index is 13.2. The molecular formula is C29H33N3O4. The van der Waals surface area contributed by atoms with Crippen LogP contribution in [0.15, 0.2) is 36.4 Å². The van der Waals surface area contributed by atoms with Gasteiger partial charge in [0, 0.05) is 35.1 Å². The van der Waals surface area contributed by atoms with E-state index in [2.05, 4.69) is 54.4 Å². The number of benzene rings is 2. The first-order chi connectivity index (χ1) is 17.3. The van der Waals surface area contributed by atoms with E-state index in [4.69, 9.17) is 4.74 Å².